The second-order valence-electron chi connectivity index (χ2n) is 6.87. The van der Waals surface area contributed by atoms with Gasteiger partial charge in [0.1, 0.15) is 6.54 Å². The molecule has 29 heavy (non-hydrogen) atoms. The van der Waals surface area contributed by atoms with Gasteiger partial charge in [0.15, 0.2) is 0 Å². The Kier molecular flexibility index (Phi) is 5.31. The standard InChI is InChI=1S/C21H19ClN4O3/c22-16-6-7-17-18(12-16)26(21(29)20(17)28)14-19(27)24-8-10-25(11-9-24)23-13-15-4-2-1-3-5-15/h1-7,12-13H,8-11,14H2/b23-13+. The summed E-state index contributed by atoms with van der Waals surface area (Å²) in [6.07, 6.45) is 1.80. The number of piperazine rings is 1. The summed E-state index contributed by atoms with van der Waals surface area (Å²) in [7, 11) is 0. The highest BCUT2D eigenvalue weighted by Crippen LogP contribution is 2.31. The molecule has 0 atom stereocenters. The Bertz CT molecular complexity index is 985. The molecule has 2 aromatic rings. The van der Waals surface area contributed by atoms with Gasteiger partial charge in [-0.25, -0.2) is 0 Å². The third-order valence-corrected chi connectivity index (χ3v) is 5.24. The summed E-state index contributed by atoms with van der Waals surface area (Å²) in [5, 5.41) is 6.78. The van der Waals surface area contributed by atoms with Gasteiger partial charge in [0.05, 0.1) is 30.6 Å². The quantitative estimate of drug-likeness (QED) is 0.571. The minimum Gasteiger partial charge on any atom is -0.337 e. The van der Waals surface area contributed by atoms with Crippen molar-refractivity contribution in [3.05, 3.63) is 64.7 Å². The molecule has 1 saturated heterocycles. The van der Waals surface area contributed by atoms with E-state index in [1.807, 2.05) is 35.3 Å². The highest BCUT2D eigenvalue weighted by Gasteiger charge is 2.37. The molecule has 1 fully saturated rings. The number of hydrazone groups is 1. The smallest absolute Gasteiger partial charge is 0.299 e. The summed E-state index contributed by atoms with van der Waals surface area (Å²) in [4.78, 5) is 40.0. The second-order valence-corrected chi connectivity index (χ2v) is 7.31. The van der Waals surface area contributed by atoms with Crippen molar-refractivity contribution in [2.24, 2.45) is 5.10 Å². The number of rotatable bonds is 4. The van der Waals surface area contributed by atoms with Gasteiger partial charge in [-0.1, -0.05) is 41.9 Å². The maximum absolute atomic E-state index is 12.7. The lowest BCUT2D eigenvalue weighted by Crippen LogP contribution is -2.50. The first-order valence-electron chi connectivity index (χ1n) is 9.30. The van der Waals surface area contributed by atoms with E-state index in [0.29, 0.717) is 36.9 Å². The first-order chi connectivity index (χ1) is 14.0. The predicted molar refractivity (Wildman–Crippen MR) is 110 cm³/mol. The summed E-state index contributed by atoms with van der Waals surface area (Å²) in [6, 6.07) is 14.4. The van der Waals surface area contributed by atoms with E-state index in [-0.39, 0.29) is 18.0 Å². The van der Waals surface area contributed by atoms with Crippen molar-refractivity contribution in [3.63, 3.8) is 0 Å². The number of fused-ring (bicyclic) bond motifs is 1. The number of anilines is 1. The van der Waals surface area contributed by atoms with Gasteiger partial charge >= 0.3 is 0 Å². The Labute approximate surface area is 173 Å². The van der Waals surface area contributed by atoms with Crippen molar-refractivity contribution in [1.29, 1.82) is 0 Å². The lowest BCUT2D eigenvalue weighted by molar-refractivity contribution is -0.132. The van der Waals surface area contributed by atoms with E-state index < -0.39 is 11.7 Å². The van der Waals surface area contributed by atoms with Crippen LogP contribution in [-0.4, -0.2) is 66.4 Å². The molecule has 2 heterocycles. The molecule has 7 nitrogen and oxygen atoms in total. The molecule has 0 aromatic heterocycles. The number of carbonyl (C=O) groups is 3. The maximum atomic E-state index is 12.7. The zero-order valence-electron chi connectivity index (χ0n) is 15.6. The van der Waals surface area contributed by atoms with Crippen molar-refractivity contribution in [2.75, 3.05) is 37.6 Å². The van der Waals surface area contributed by atoms with Gasteiger partial charge in [0.2, 0.25) is 5.91 Å². The van der Waals surface area contributed by atoms with Crippen LogP contribution in [0, 0.1) is 0 Å². The van der Waals surface area contributed by atoms with Crippen LogP contribution in [0.15, 0.2) is 53.6 Å². The fraction of sp³-hybridized carbons (Fsp3) is 0.238. The highest BCUT2D eigenvalue weighted by molar-refractivity contribution is 6.53. The number of carbonyl (C=O) groups excluding carboxylic acids is 3. The SMILES string of the molecule is O=C1C(=O)N(CC(=O)N2CCN(/N=C/c3ccccc3)CC2)c2cc(Cl)ccc21. The van der Waals surface area contributed by atoms with Crippen LogP contribution in [0.2, 0.25) is 5.02 Å². The van der Waals surface area contributed by atoms with Crippen LogP contribution >= 0.6 is 11.6 Å². The fourth-order valence-corrected chi connectivity index (χ4v) is 3.57. The molecule has 0 bridgehead atoms. The first kappa shape index (κ1) is 19.1. The van der Waals surface area contributed by atoms with E-state index in [1.54, 1.807) is 23.2 Å². The zero-order valence-corrected chi connectivity index (χ0v) is 16.4. The van der Waals surface area contributed by atoms with Crippen LogP contribution in [0.1, 0.15) is 15.9 Å². The zero-order chi connectivity index (χ0) is 20.4. The Morgan fingerprint density at radius 2 is 1.76 bits per heavy atom. The van der Waals surface area contributed by atoms with E-state index in [0.717, 1.165) is 5.56 Å². The first-order valence-corrected chi connectivity index (χ1v) is 9.68. The molecule has 0 radical (unpaired) electrons. The van der Waals surface area contributed by atoms with Crippen LogP contribution in [0.25, 0.3) is 0 Å². The van der Waals surface area contributed by atoms with E-state index in [1.165, 1.54) is 11.0 Å². The number of nitrogens with zero attached hydrogens (tertiary/aromatic N) is 4. The van der Waals surface area contributed by atoms with Crippen LogP contribution in [0.5, 0.6) is 0 Å². The van der Waals surface area contributed by atoms with E-state index in [2.05, 4.69) is 5.10 Å². The normalized spacial score (nSPS) is 16.7. The number of ketones is 1. The average molecular weight is 411 g/mol. The largest absolute Gasteiger partial charge is 0.337 e. The number of Topliss-reactive ketones (excluding diaryl/α,β-unsaturated/α-hetero) is 1. The predicted octanol–water partition coefficient (Wildman–Crippen LogP) is 2.05. The fourth-order valence-electron chi connectivity index (χ4n) is 3.41. The van der Waals surface area contributed by atoms with Crippen molar-refractivity contribution < 1.29 is 14.4 Å². The van der Waals surface area contributed by atoms with Crippen molar-refractivity contribution in [3.8, 4) is 0 Å². The Morgan fingerprint density at radius 3 is 2.48 bits per heavy atom. The third-order valence-electron chi connectivity index (χ3n) is 5.01. The van der Waals surface area contributed by atoms with Gasteiger partial charge in [-0.15, -0.1) is 0 Å². The molecule has 0 N–H and O–H groups in total. The monoisotopic (exact) mass is 410 g/mol. The topological polar surface area (TPSA) is 73.3 Å². The molecular formula is C21H19ClN4O3. The summed E-state index contributed by atoms with van der Waals surface area (Å²) >= 11 is 6.00. The van der Waals surface area contributed by atoms with E-state index in [9.17, 15) is 14.4 Å². The number of halogens is 1. The lowest BCUT2D eigenvalue weighted by atomic mass is 10.1. The molecular weight excluding hydrogens is 392 g/mol. The van der Waals surface area contributed by atoms with Gasteiger partial charge in [-0.3, -0.25) is 24.3 Å². The van der Waals surface area contributed by atoms with Crippen LogP contribution in [0.3, 0.4) is 0 Å². The molecule has 0 unspecified atom stereocenters. The van der Waals surface area contributed by atoms with Gasteiger partial charge < -0.3 is 4.90 Å². The third kappa shape index (κ3) is 4.00. The minimum absolute atomic E-state index is 0.175. The Hall–Kier alpha value is -3.19. The lowest BCUT2D eigenvalue weighted by Gasteiger charge is -2.34. The number of hydrogen-bond acceptors (Lipinski definition) is 5. The molecule has 8 heteroatoms. The molecule has 2 aliphatic heterocycles. The van der Waals surface area contributed by atoms with E-state index >= 15 is 0 Å². The van der Waals surface area contributed by atoms with Gasteiger partial charge in [-0.05, 0) is 23.8 Å². The number of benzene rings is 2. The van der Waals surface area contributed by atoms with E-state index in [4.69, 9.17) is 11.6 Å². The second kappa shape index (κ2) is 8.05. The van der Waals surface area contributed by atoms with Crippen molar-refractivity contribution >= 4 is 41.1 Å². The van der Waals surface area contributed by atoms with Crippen molar-refractivity contribution in [2.45, 2.75) is 0 Å². The average Bonchev–Trinajstić information content (AvgIpc) is 2.97. The number of amides is 2. The molecule has 4 rings (SSSR count). The molecule has 2 amide bonds. The summed E-state index contributed by atoms with van der Waals surface area (Å²) < 4.78 is 0. The molecule has 0 saturated carbocycles. The van der Waals surface area contributed by atoms with Crippen LogP contribution < -0.4 is 4.90 Å². The number of hydrogen-bond donors (Lipinski definition) is 0. The Balaban J connectivity index is 1.36. The van der Waals surface area contributed by atoms with Crippen LogP contribution in [0.4, 0.5) is 5.69 Å². The molecule has 0 spiro atoms. The van der Waals surface area contributed by atoms with Gasteiger partial charge in [0.25, 0.3) is 11.7 Å². The Morgan fingerprint density at radius 1 is 1.03 bits per heavy atom. The summed E-state index contributed by atoms with van der Waals surface area (Å²) in [5.41, 5.74) is 1.69. The summed E-state index contributed by atoms with van der Waals surface area (Å²) in [6.45, 7) is 2.03. The molecule has 148 valence electrons. The maximum Gasteiger partial charge on any atom is 0.299 e. The molecule has 2 aliphatic rings. The highest BCUT2D eigenvalue weighted by atomic mass is 35.5. The molecule has 2 aromatic carbocycles. The van der Waals surface area contributed by atoms with Crippen LogP contribution in [-0.2, 0) is 9.59 Å². The van der Waals surface area contributed by atoms with Crippen molar-refractivity contribution in [1.82, 2.24) is 9.91 Å². The minimum atomic E-state index is -0.693. The summed E-state index contributed by atoms with van der Waals surface area (Å²) in [5.74, 6) is -1.50. The van der Waals surface area contributed by atoms with Gasteiger partial charge in [-0.2, -0.15) is 5.10 Å². The molecule has 0 aliphatic carbocycles. The van der Waals surface area contributed by atoms with Gasteiger partial charge in [0, 0.05) is 18.1 Å².